The maximum absolute atomic E-state index is 14.1. The van der Waals surface area contributed by atoms with Gasteiger partial charge in [-0.05, 0) is 53.9 Å². The molecule has 0 bridgehead atoms. The Kier molecular flexibility index (Phi) is 7.09. The van der Waals surface area contributed by atoms with E-state index in [2.05, 4.69) is 10.2 Å². The van der Waals surface area contributed by atoms with Crippen LogP contribution in [-0.2, 0) is 6.54 Å². The zero-order valence-corrected chi connectivity index (χ0v) is 20.9. The molecule has 0 fully saturated rings. The predicted molar refractivity (Wildman–Crippen MR) is 144 cm³/mol. The molecule has 38 heavy (non-hydrogen) atoms. The van der Waals surface area contributed by atoms with Gasteiger partial charge >= 0.3 is 5.97 Å². The highest BCUT2D eigenvalue weighted by molar-refractivity contribution is 5.96. The van der Waals surface area contributed by atoms with Gasteiger partial charge in [0.2, 0.25) is 0 Å². The molecule has 6 nitrogen and oxygen atoms in total. The number of halogens is 1. The van der Waals surface area contributed by atoms with Crippen LogP contribution in [0.25, 0.3) is 11.1 Å². The zero-order valence-electron chi connectivity index (χ0n) is 20.9. The zero-order chi connectivity index (χ0) is 26.6. The van der Waals surface area contributed by atoms with Crippen LogP contribution in [0.1, 0.15) is 44.8 Å². The third kappa shape index (κ3) is 5.22. The average Bonchev–Trinajstić information content (AvgIpc) is 2.93. The molecular formula is C31H27FN2O4. The Labute approximate surface area is 220 Å². The summed E-state index contributed by atoms with van der Waals surface area (Å²) >= 11 is 0. The molecule has 0 saturated heterocycles. The quantitative estimate of drug-likeness (QED) is 0.315. The first-order valence-electron chi connectivity index (χ1n) is 12.4. The van der Waals surface area contributed by atoms with Crippen LogP contribution in [0.3, 0.4) is 0 Å². The summed E-state index contributed by atoms with van der Waals surface area (Å²) in [5, 5.41) is 12.3. The van der Waals surface area contributed by atoms with Gasteiger partial charge in [0.05, 0.1) is 23.8 Å². The second kappa shape index (κ2) is 10.8. The van der Waals surface area contributed by atoms with Gasteiger partial charge in [-0.1, -0.05) is 60.7 Å². The molecule has 192 valence electrons. The number of fused-ring (bicyclic) bond motifs is 1. The molecule has 0 radical (unpaired) electrons. The molecule has 4 aromatic rings. The first-order chi connectivity index (χ1) is 18.4. The third-order valence-corrected chi connectivity index (χ3v) is 6.70. The van der Waals surface area contributed by atoms with Gasteiger partial charge in [-0.3, -0.25) is 4.79 Å². The van der Waals surface area contributed by atoms with Crippen molar-refractivity contribution in [1.82, 2.24) is 5.32 Å². The Hall–Kier alpha value is -4.65. The van der Waals surface area contributed by atoms with Crippen molar-refractivity contribution in [1.29, 1.82) is 0 Å². The molecule has 1 aliphatic rings. The summed E-state index contributed by atoms with van der Waals surface area (Å²) in [5.41, 5.74) is 4.61. The van der Waals surface area contributed by atoms with E-state index in [0.717, 1.165) is 16.8 Å². The average molecular weight is 511 g/mol. The van der Waals surface area contributed by atoms with Gasteiger partial charge in [-0.15, -0.1) is 0 Å². The minimum Gasteiger partial charge on any atom is -0.490 e. The number of carboxylic acid groups (broad SMARTS) is 1. The molecule has 1 atom stereocenters. The Morgan fingerprint density at radius 1 is 1.00 bits per heavy atom. The van der Waals surface area contributed by atoms with Crippen LogP contribution in [-0.4, -0.2) is 30.1 Å². The van der Waals surface area contributed by atoms with Crippen molar-refractivity contribution in [3.8, 4) is 16.9 Å². The highest BCUT2D eigenvalue weighted by atomic mass is 19.1. The lowest BCUT2D eigenvalue weighted by atomic mass is 9.98. The van der Waals surface area contributed by atoms with Crippen molar-refractivity contribution in [3.63, 3.8) is 0 Å². The van der Waals surface area contributed by atoms with Gasteiger partial charge in [0, 0.05) is 17.7 Å². The number of nitrogens with zero attached hydrogens (tertiary/aromatic N) is 1. The van der Waals surface area contributed by atoms with Crippen molar-refractivity contribution in [2.24, 2.45) is 0 Å². The van der Waals surface area contributed by atoms with E-state index in [1.54, 1.807) is 49.4 Å². The molecule has 1 heterocycles. The fourth-order valence-corrected chi connectivity index (χ4v) is 4.70. The fraction of sp³-hybridized carbons (Fsp3) is 0.161. The number of nitrogens with one attached hydrogen (secondary N) is 1. The summed E-state index contributed by atoms with van der Waals surface area (Å²) < 4.78 is 20.0. The molecule has 2 N–H and O–H groups in total. The highest BCUT2D eigenvalue weighted by Gasteiger charge is 2.21. The molecule has 1 unspecified atom stereocenters. The lowest BCUT2D eigenvalue weighted by Gasteiger charge is -2.31. The number of carbonyl (C=O) groups excluding carboxylic acids is 1. The number of anilines is 1. The van der Waals surface area contributed by atoms with Gasteiger partial charge < -0.3 is 20.1 Å². The lowest BCUT2D eigenvalue weighted by molar-refractivity contribution is 0.0697. The largest absolute Gasteiger partial charge is 0.490 e. The van der Waals surface area contributed by atoms with Crippen LogP contribution in [0, 0.1) is 5.82 Å². The molecule has 1 aliphatic heterocycles. The third-order valence-electron chi connectivity index (χ3n) is 6.70. The SMILES string of the molecule is CC(NC(=O)c1ccc2c(c1)OCCN2Cc1ccc(-c2ccccc2C(=O)O)cc1)c1ccccc1F. The minimum absolute atomic E-state index is 0.269. The minimum atomic E-state index is -0.954. The lowest BCUT2D eigenvalue weighted by Crippen LogP contribution is -2.32. The summed E-state index contributed by atoms with van der Waals surface area (Å²) in [6.07, 6.45) is 0. The van der Waals surface area contributed by atoms with Crippen LogP contribution >= 0.6 is 0 Å². The Morgan fingerprint density at radius 2 is 1.74 bits per heavy atom. The van der Waals surface area contributed by atoms with Gasteiger partial charge in [0.25, 0.3) is 5.91 Å². The first-order valence-corrected chi connectivity index (χ1v) is 12.4. The molecule has 0 spiro atoms. The maximum atomic E-state index is 14.1. The van der Waals surface area contributed by atoms with Crippen molar-refractivity contribution in [3.05, 3.63) is 119 Å². The van der Waals surface area contributed by atoms with E-state index >= 15 is 0 Å². The number of ether oxygens (including phenoxy) is 1. The van der Waals surface area contributed by atoms with Gasteiger partial charge in [0.15, 0.2) is 0 Å². The number of carbonyl (C=O) groups is 2. The normalized spacial score (nSPS) is 13.3. The summed E-state index contributed by atoms with van der Waals surface area (Å²) in [7, 11) is 0. The van der Waals surface area contributed by atoms with E-state index in [9.17, 15) is 19.1 Å². The van der Waals surface area contributed by atoms with Gasteiger partial charge in [-0.2, -0.15) is 0 Å². The van der Waals surface area contributed by atoms with E-state index in [1.807, 2.05) is 42.5 Å². The number of carboxylic acids is 1. The van der Waals surface area contributed by atoms with E-state index in [4.69, 9.17) is 4.74 Å². The molecule has 4 aromatic carbocycles. The van der Waals surface area contributed by atoms with Gasteiger partial charge in [-0.25, -0.2) is 9.18 Å². The van der Waals surface area contributed by atoms with E-state index in [1.165, 1.54) is 6.07 Å². The van der Waals surface area contributed by atoms with E-state index < -0.39 is 12.0 Å². The Balaban J connectivity index is 1.30. The summed E-state index contributed by atoms with van der Waals surface area (Å²) in [6, 6.07) is 26.1. The Morgan fingerprint density at radius 3 is 2.50 bits per heavy atom. The number of benzene rings is 4. The molecular weight excluding hydrogens is 483 g/mol. The number of hydrogen-bond donors (Lipinski definition) is 2. The van der Waals surface area contributed by atoms with E-state index in [-0.39, 0.29) is 17.3 Å². The van der Waals surface area contributed by atoms with Crippen LogP contribution < -0.4 is 15.0 Å². The molecule has 1 amide bonds. The fourth-order valence-electron chi connectivity index (χ4n) is 4.70. The van der Waals surface area contributed by atoms with Gasteiger partial charge in [0.1, 0.15) is 18.2 Å². The first kappa shape index (κ1) is 25.0. The maximum Gasteiger partial charge on any atom is 0.336 e. The standard InChI is InChI=1S/C31H27FN2O4/c1-20(24-6-4-5-9-27(24)32)33-30(35)23-14-15-28-29(18-23)38-17-16-34(28)19-21-10-12-22(13-11-21)25-7-2-3-8-26(25)31(36)37/h2-15,18,20H,16-17,19H2,1H3,(H,33,35)(H,36,37). The molecule has 5 rings (SSSR count). The van der Waals surface area contributed by atoms with Crippen molar-refractivity contribution < 1.29 is 23.8 Å². The summed E-state index contributed by atoms with van der Waals surface area (Å²) in [5.74, 6) is -0.996. The molecule has 0 aliphatic carbocycles. The summed E-state index contributed by atoms with van der Waals surface area (Å²) in [6.45, 7) is 3.55. The molecule has 0 aromatic heterocycles. The number of hydrogen-bond acceptors (Lipinski definition) is 4. The second-order valence-corrected chi connectivity index (χ2v) is 9.22. The van der Waals surface area contributed by atoms with Crippen molar-refractivity contribution >= 4 is 17.6 Å². The van der Waals surface area contributed by atoms with Crippen LogP contribution in [0.5, 0.6) is 5.75 Å². The van der Waals surface area contributed by atoms with E-state index in [0.29, 0.717) is 42.1 Å². The van der Waals surface area contributed by atoms with Crippen molar-refractivity contribution in [2.45, 2.75) is 19.5 Å². The monoisotopic (exact) mass is 510 g/mol. The summed E-state index contributed by atoms with van der Waals surface area (Å²) in [4.78, 5) is 26.6. The number of amides is 1. The number of rotatable bonds is 7. The smallest absolute Gasteiger partial charge is 0.336 e. The van der Waals surface area contributed by atoms with Crippen LogP contribution in [0.15, 0.2) is 91.0 Å². The number of aromatic carboxylic acids is 1. The highest BCUT2D eigenvalue weighted by Crippen LogP contribution is 2.34. The Bertz CT molecular complexity index is 1490. The van der Waals surface area contributed by atoms with Crippen LogP contribution in [0.4, 0.5) is 10.1 Å². The predicted octanol–water partition coefficient (Wildman–Crippen LogP) is 6.08. The molecule has 7 heteroatoms. The molecule has 0 saturated carbocycles. The topological polar surface area (TPSA) is 78.9 Å². The second-order valence-electron chi connectivity index (χ2n) is 9.22. The van der Waals surface area contributed by atoms with Crippen molar-refractivity contribution in [2.75, 3.05) is 18.1 Å². The van der Waals surface area contributed by atoms with Crippen LogP contribution in [0.2, 0.25) is 0 Å².